The van der Waals surface area contributed by atoms with Crippen LogP contribution in [0.15, 0.2) is 47.4 Å². The highest BCUT2D eigenvalue weighted by atomic mass is 32.2. The van der Waals surface area contributed by atoms with E-state index in [-0.39, 0.29) is 24.0 Å². The number of rotatable bonds is 13. The Morgan fingerprint density at radius 2 is 1.56 bits per heavy atom. The number of methoxy groups -OCH3 is 3. The average molecular weight is 497 g/mol. The van der Waals surface area contributed by atoms with Gasteiger partial charge in [0.05, 0.1) is 26.2 Å². The van der Waals surface area contributed by atoms with Crippen molar-refractivity contribution in [1.29, 1.82) is 0 Å². The van der Waals surface area contributed by atoms with Crippen molar-refractivity contribution >= 4 is 15.9 Å². The summed E-state index contributed by atoms with van der Waals surface area (Å²) < 4.78 is 49.1. The molecule has 2 aromatic rings. The highest BCUT2D eigenvalue weighted by Gasteiger charge is 2.28. The van der Waals surface area contributed by atoms with E-state index in [9.17, 15) is 18.3 Å². The zero-order valence-electron chi connectivity index (χ0n) is 19.9. The molecule has 0 aromatic heterocycles. The minimum atomic E-state index is -3.96. The van der Waals surface area contributed by atoms with Crippen LogP contribution in [0.25, 0.3) is 0 Å². The maximum absolute atomic E-state index is 12.7. The average Bonchev–Trinajstić information content (AvgIpc) is 2.84. The molecular formula is C23H32N2O8S. The van der Waals surface area contributed by atoms with Crippen LogP contribution in [0.4, 0.5) is 0 Å². The highest BCUT2D eigenvalue weighted by molar-refractivity contribution is 7.89. The third-order valence-corrected chi connectivity index (χ3v) is 6.37. The zero-order chi connectivity index (χ0) is 25.3. The van der Waals surface area contributed by atoms with E-state index in [1.54, 1.807) is 32.0 Å². The number of aliphatic hydroxyl groups excluding tert-OH is 1. The molecule has 2 aromatic carbocycles. The van der Waals surface area contributed by atoms with Crippen molar-refractivity contribution in [3.8, 4) is 23.0 Å². The fourth-order valence-corrected chi connectivity index (χ4v) is 4.35. The molecule has 0 saturated heterocycles. The number of ether oxygens (including phenoxy) is 4. The number of sulfonamides is 1. The monoisotopic (exact) mass is 496 g/mol. The van der Waals surface area contributed by atoms with Crippen LogP contribution in [0.5, 0.6) is 23.0 Å². The highest BCUT2D eigenvalue weighted by Crippen LogP contribution is 2.36. The van der Waals surface area contributed by atoms with E-state index >= 15 is 0 Å². The van der Waals surface area contributed by atoms with Crippen molar-refractivity contribution in [2.75, 3.05) is 34.5 Å². The molecule has 34 heavy (non-hydrogen) atoms. The van der Waals surface area contributed by atoms with Crippen LogP contribution in [-0.4, -0.2) is 66.1 Å². The summed E-state index contributed by atoms with van der Waals surface area (Å²) in [7, 11) is 0.490. The lowest BCUT2D eigenvalue weighted by Gasteiger charge is -2.23. The number of carbonyl (C=O) groups is 1. The molecule has 0 spiro atoms. The molecule has 0 aliphatic carbocycles. The molecule has 0 fully saturated rings. The van der Waals surface area contributed by atoms with Crippen molar-refractivity contribution in [3.05, 3.63) is 42.5 Å². The van der Waals surface area contributed by atoms with Crippen LogP contribution < -0.4 is 29.0 Å². The summed E-state index contributed by atoms with van der Waals surface area (Å²) in [5, 5.41) is 12.9. The molecule has 0 radical (unpaired) electrons. The summed E-state index contributed by atoms with van der Waals surface area (Å²) in [6, 6.07) is 9.89. The summed E-state index contributed by atoms with van der Waals surface area (Å²) in [5.41, 5.74) is 0. The van der Waals surface area contributed by atoms with E-state index in [1.165, 1.54) is 45.6 Å². The van der Waals surface area contributed by atoms with Gasteiger partial charge in [-0.25, -0.2) is 8.42 Å². The van der Waals surface area contributed by atoms with Crippen molar-refractivity contribution in [3.63, 3.8) is 0 Å². The molecule has 188 valence electrons. The molecule has 0 aliphatic rings. The molecule has 1 amide bonds. The minimum absolute atomic E-state index is 0.00550. The van der Waals surface area contributed by atoms with Gasteiger partial charge in [0.15, 0.2) is 11.5 Å². The van der Waals surface area contributed by atoms with E-state index in [0.717, 1.165) is 0 Å². The van der Waals surface area contributed by atoms with Crippen molar-refractivity contribution in [1.82, 2.24) is 10.0 Å². The Hall–Kier alpha value is -3.02. The van der Waals surface area contributed by atoms with Gasteiger partial charge in [0.1, 0.15) is 24.5 Å². The molecule has 10 nitrogen and oxygen atoms in total. The Kier molecular flexibility index (Phi) is 9.97. The van der Waals surface area contributed by atoms with Crippen LogP contribution in [0.1, 0.15) is 13.8 Å². The third-order valence-electron chi connectivity index (χ3n) is 4.92. The number of carbonyl (C=O) groups excluding carboxylic acids is 1. The Morgan fingerprint density at radius 1 is 0.971 bits per heavy atom. The number of aliphatic hydroxyl groups is 1. The van der Waals surface area contributed by atoms with Crippen LogP contribution in [-0.2, 0) is 14.8 Å². The molecule has 0 saturated carbocycles. The number of hydrogen-bond donors (Lipinski definition) is 3. The van der Waals surface area contributed by atoms with E-state index in [0.29, 0.717) is 23.0 Å². The zero-order valence-corrected chi connectivity index (χ0v) is 20.7. The first-order chi connectivity index (χ1) is 16.1. The lowest BCUT2D eigenvalue weighted by molar-refractivity contribution is -0.124. The maximum atomic E-state index is 12.7. The molecule has 3 N–H and O–H groups in total. The second kappa shape index (κ2) is 12.4. The van der Waals surface area contributed by atoms with E-state index in [4.69, 9.17) is 18.9 Å². The topological polar surface area (TPSA) is 132 Å². The lowest BCUT2D eigenvalue weighted by atomic mass is 10.1. The maximum Gasteiger partial charge on any atom is 0.241 e. The summed E-state index contributed by atoms with van der Waals surface area (Å²) in [6.45, 7) is 3.13. The van der Waals surface area contributed by atoms with Crippen molar-refractivity contribution in [2.45, 2.75) is 30.9 Å². The van der Waals surface area contributed by atoms with E-state index in [1.807, 2.05) is 0 Å². The Bertz CT molecular complexity index is 1020. The number of nitrogens with one attached hydrogen (secondary N) is 2. The van der Waals surface area contributed by atoms with Crippen molar-refractivity contribution in [2.24, 2.45) is 5.92 Å². The molecular weight excluding hydrogens is 464 g/mol. The van der Waals surface area contributed by atoms with Crippen LogP contribution >= 0.6 is 0 Å². The van der Waals surface area contributed by atoms with Gasteiger partial charge in [-0.3, -0.25) is 4.79 Å². The van der Waals surface area contributed by atoms with Gasteiger partial charge in [-0.1, -0.05) is 19.9 Å². The second-order valence-electron chi connectivity index (χ2n) is 7.72. The first-order valence-corrected chi connectivity index (χ1v) is 12.1. The number of para-hydroxylation sites is 1. The van der Waals surface area contributed by atoms with Gasteiger partial charge in [0, 0.05) is 6.54 Å². The Labute approximate surface area is 200 Å². The van der Waals surface area contributed by atoms with Gasteiger partial charge < -0.3 is 29.4 Å². The Morgan fingerprint density at radius 3 is 2.06 bits per heavy atom. The number of amides is 1. The number of hydrogen-bond acceptors (Lipinski definition) is 8. The molecule has 11 heteroatoms. The van der Waals surface area contributed by atoms with E-state index in [2.05, 4.69) is 10.0 Å². The first-order valence-electron chi connectivity index (χ1n) is 10.6. The predicted octanol–water partition coefficient (Wildman–Crippen LogP) is 1.57. The smallest absolute Gasteiger partial charge is 0.241 e. The molecule has 0 aliphatic heterocycles. The fourth-order valence-electron chi connectivity index (χ4n) is 3.01. The minimum Gasteiger partial charge on any atom is -0.497 e. The molecule has 0 bridgehead atoms. The van der Waals surface area contributed by atoms with Crippen LogP contribution in [0, 0.1) is 5.92 Å². The summed E-state index contributed by atoms with van der Waals surface area (Å²) in [6.07, 6.45) is -1.07. The summed E-state index contributed by atoms with van der Waals surface area (Å²) in [4.78, 5) is 12.7. The Balaban J connectivity index is 1.98. The third kappa shape index (κ3) is 7.24. The first kappa shape index (κ1) is 27.2. The lowest BCUT2D eigenvalue weighted by Crippen LogP contribution is -2.51. The summed E-state index contributed by atoms with van der Waals surface area (Å²) >= 11 is 0. The molecule has 1 unspecified atom stereocenters. The standard InChI is InChI=1S/C23H32N2O8S/c1-15(2)21(25-34(28,29)18-11-9-17(30-3)10-12-18)23(27)24-13-16(26)14-33-22-19(31-4)7-6-8-20(22)32-5/h6-12,15-16,21,25-26H,13-14H2,1-5H3,(H,24,27)/t16?,21-/m0/s1. The SMILES string of the molecule is COc1ccc(S(=O)(=O)N[C@H](C(=O)NCC(O)COc2c(OC)cccc2OC)C(C)C)cc1. The van der Waals surface area contributed by atoms with Gasteiger partial charge in [0.25, 0.3) is 0 Å². The predicted molar refractivity (Wildman–Crippen MR) is 126 cm³/mol. The van der Waals surface area contributed by atoms with E-state index < -0.39 is 28.1 Å². The van der Waals surface area contributed by atoms with Gasteiger partial charge >= 0.3 is 0 Å². The normalized spacial score (nSPS) is 13.1. The largest absolute Gasteiger partial charge is 0.497 e. The second-order valence-corrected chi connectivity index (χ2v) is 9.43. The molecule has 2 rings (SSSR count). The van der Waals surface area contributed by atoms with Crippen LogP contribution in [0.2, 0.25) is 0 Å². The summed E-state index contributed by atoms with van der Waals surface area (Å²) in [5.74, 6) is 0.788. The van der Waals surface area contributed by atoms with Gasteiger partial charge in [-0.2, -0.15) is 4.72 Å². The van der Waals surface area contributed by atoms with Crippen molar-refractivity contribution < 1.29 is 37.3 Å². The van der Waals surface area contributed by atoms with Gasteiger partial charge in [-0.05, 0) is 42.3 Å². The quantitative estimate of drug-likeness (QED) is 0.381. The van der Waals surface area contributed by atoms with Gasteiger partial charge in [0.2, 0.25) is 21.7 Å². The molecule has 0 heterocycles. The number of benzene rings is 2. The van der Waals surface area contributed by atoms with Crippen LogP contribution in [0.3, 0.4) is 0 Å². The van der Waals surface area contributed by atoms with Gasteiger partial charge in [-0.15, -0.1) is 0 Å². The molecule has 2 atom stereocenters. The fraction of sp³-hybridized carbons (Fsp3) is 0.435.